The molecule has 0 aliphatic carbocycles. The van der Waals surface area contributed by atoms with Crippen molar-refractivity contribution >= 4 is 21.7 Å². The molecule has 2 rings (SSSR count). The summed E-state index contributed by atoms with van der Waals surface area (Å²) in [4.78, 5) is 11.9. The number of pyridine rings is 1. The number of hydrogen-bond acceptors (Lipinski definition) is 4. The summed E-state index contributed by atoms with van der Waals surface area (Å²) in [6.07, 6.45) is 6.64. The Bertz CT molecular complexity index is 444. The van der Waals surface area contributed by atoms with Gasteiger partial charge < -0.3 is 5.73 Å². The number of rotatable bonds is 1. The van der Waals surface area contributed by atoms with E-state index in [1.54, 1.807) is 18.6 Å². The standard InChI is InChI=1S/C9H7BrN4/c10-8-1-6(4-14-9(8)11)7-2-12-5-13-3-7/h1-5H,(H2,11,14). The van der Waals surface area contributed by atoms with Crippen LogP contribution in [0.15, 0.2) is 35.5 Å². The summed E-state index contributed by atoms with van der Waals surface area (Å²) in [5, 5.41) is 0. The predicted molar refractivity (Wildman–Crippen MR) is 57.4 cm³/mol. The van der Waals surface area contributed by atoms with Crippen LogP contribution in [0.25, 0.3) is 11.1 Å². The molecule has 0 amide bonds. The summed E-state index contributed by atoms with van der Waals surface area (Å²) >= 11 is 3.32. The third-order valence-electron chi connectivity index (χ3n) is 1.76. The molecule has 0 aliphatic heterocycles. The molecule has 0 atom stereocenters. The number of anilines is 1. The third-order valence-corrected chi connectivity index (χ3v) is 2.40. The summed E-state index contributed by atoms with van der Waals surface area (Å²) in [5.74, 6) is 0.477. The molecule has 2 N–H and O–H groups in total. The van der Waals surface area contributed by atoms with Crippen molar-refractivity contribution in [2.24, 2.45) is 0 Å². The lowest BCUT2D eigenvalue weighted by molar-refractivity contribution is 1.17. The summed E-state index contributed by atoms with van der Waals surface area (Å²) in [5.41, 5.74) is 7.43. The average Bonchev–Trinajstić information content (AvgIpc) is 2.23. The van der Waals surface area contributed by atoms with E-state index in [1.165, 1.54) is 6.33 Å². The molecule has 4 nitrogen and oxygen atoms in total. The fraction of sp³-hybridized carbons (Fsp3) is 0. The van der Waals surface area contributed by atoms with Gasteiger partial charge in [0.25, 0.3) is 0 Å². The Hall–Kier alpha value is -1.49. The summed E-state index contributed by atoms with van der Waals surface area (Å²) < 4.78 is 0.777. The Kier molecular flexibility index (Phi) is 2.41. The summed E-state index contributed by atoms with van der Waals surface area (Å²) in [6, 6.07) is 1.89. The van der Waals surface area contributed by atoms with E-state index in [0.717, 1.165) is 15.6 Å². The fourth-order valence-corrected chi connectivity index (χ4v) is 1.40. The van der Waals surface area contributed by atoms with Gasteiger partial charge in [0.05, 0.1) is 4.47 Å². The lowest BCUT2D eigenvalue weighted by atomic mass is 10.1. The first-order valence-corrected chi connectivity index (χ1v) is 4.73. The highest BCUT2D eigenvalue weighted by Crippen LogP contribution is 2.23. The van der Waals surface area contributed by atoms with E-state index >= 15 is 0 Å². The number of nitrogens with zero attached hydrogens (tertiary/aromatic N) is 3. The van der Waals surface area contributed by atoms with Gasteiger partial charge in [-0.05, 0) is 22.0 Å². The predicted octanol–water partition coefficient (Wildman–Crippen LogP) is 1.88. The molecule has 0 aromatic carbocycles. The molecule has 5 heteroatoms. The van der Waals surface area contributed by atoms with Crippen molar-refractivity contribution in [3.63, 3.8) is 0 Å². The number of nitrogen functional groups attached to an aromatic ring is 1. The van der Waals surface area contributed by atoms with Gasteiger partial charge in [0.15, 0.2) is 0 Å². The minimum absolute atomic E-state index is 0.477. The Balaban J connectivity index is 2.48. The molecular formula is C9H7BrN4. The maximum absolute atomic E-state index is 5.58. The normalized spacial score (nSPS) is 10.1. The number of nitrogens with two attached hydrogens (primary N) is 1. The molecule has 70 valence electrons. The minimum Gasteiger partial charge on any atom is -0.383 e. The van der Waals surface area contributed by atoms with Crippen LogP contribution in [0.4, 0.5) is 5.82 Å². The van der Waals surface area contributed by atoms with E-state index in [2.05, 4.69) is 30.9 Å². The van der Waals surface area contributed by atoms with Crippen molar-refractivity contribution < 1.29 is 0 Å². The van der Waals surface area contributed by atoms with E-state index in [0.29, 0.717) is 5.82 Å². The van der Waals surface area contributed by atoms with Crippen molar-refractivity contribution in [3.8, 4) is 11.1 Å². The maximum Gasteiger partial charge on any atom is 0.137 e. The molecule has 2 aromatic rings. The minimum atomic E-state index is 0.477. The van der Waals surface area contributed by atoms with Crippen LogP contribution in [0.3, 0.4) is 0 Å². The second kappa shape index (κ2) is 3.71. The third kappa shape index (κ3) is 1.72. The maximum atomic E-state index is 5.58. The van der Waals surface area contributed by atoms with Crippen molar-refractivity contribution in [1.82, 2.24) is 15.0 Å². The fourth-order valence-electron chi connectivity index (χ4n) is 1.05. The first-order valence-electron chi connectivity index (χ1n) is 3.94. The molecule has 0 saturated heterocycles. The van der Waals surface area contributed by atoms with Crippen molar-refractivity contribution in [1.29, 1.82) is 0 Å². The van der Waals surface area contributed by atoms with E-state index in [9.17, 15) is 0 Å². The highest BCUT2D eigenvalue weighted by molar-refractivity contribution is 9.10. The van der Waals surface area contributed by atoms with Gasteiger partial charge in [0, 0.05) is 29.7 Å². The van der Waals surface area contributed by atoms with Crippen molar-refractivity contribution in [2.45, 2.75) is 0 Å². The van der Waals surface area contributed by atoms with Crippen molar-refractivity contribution in [3.05, 3.63) is 35.5 Å². The highest BCUT2D eigenvalue weighted by atomic mass is 79.9. The first kappa shape index (κ1) is 9.08. The lowest BCUT2D eigenvalue weighted by Crippen LogP contribution is -1.92. The van der Waals surface area contributed by atoms with E-state index in [1.807, 2.05) is 6.07 Å². The van der Waals surface area contributed by atoms with E-state index in [4.69, 9.17) is 5.73 Å². The first-order chi connectivity index (χ1) is 6.77. The van der Waals surface area contributed by atoms with Gasteiger partial charge in [0.1, 0.15) is 12.1 Å². The molecule has 0 radical (unpaired) electrons. The topological polar surface area (TPSA) is 64.7 Å². The molecule has 14 heavy (non-hydrogen) atoms. The monoisotopic (exact) mass is 250 g/mol. The Labute approximate surface area is 89.4 Å². The van der Waals surface area contributed by atoms with Crippen LogP contribution in [0.5, 0.6) is 0 Å². The molecule has 0 saturated carbocycles. The van der Waals surface area contributed by atoms with Crippen LogP contribution >= 0.6 is 15.9 Å². The number of hydrogen-bond donors (Lipinski definition) is 1. The molecular weight excluding hydrogens is 244 g/mol. The summed E-state index contributed by atoms with van der Waals surface area (Å²) in [6.45, 7) is 0. The highest BCUT2D eigenvalue weighted by Gasteiger charge is 2.01. The molecule has 2 heterocycles. The van der Waals surface area contributed by atoms with Gasteiger partial charge in [-0.25, -0.2) is 15.0 Å². The molecule has 0 spiro atoms. The Morgan fingerprint density at radius 3 is 2.43 bits per heavy atom. The second-order valence-corrected chi connectivity index (χ2v) is 3.57. The number of halogens is 1. The molecule has 0 fully saturated rings. The van der Waals surface area contributed by atoms with E-state index < -0.39 is 0 Å². The van der Waals surface area contributed by atoms with Crippen LogP contribution in [0.2, 0.25) is 0 Å². The van der Waals surface area contributed by atoms with E-state index in [-0.39, 0.29) is 0 Å². The Morgan fingerprint density at radius 2 is 1.79 bits per heavy atom. The van der Waals surface area contributed by atoms with Crippen LogP contribution in [-0.2, 0) is 0 Å². The SMILES string of the molecule is Nc1ncc(-c2cncnc2)cc1Br. The van der Waals surface area contributed by atoms with Gasteiger partial charge in [-0.3, -0.25) is 0 Å². The zero-order valence-electron chi connectivity index (χ0n) is 7.18. The Morgan fingerprint density at radius 1 is 1.07 bits per heavy atom. The quantitative estimate of drug-likeness (QED) is 0.840. The van der Waals surface area contributed by atoms with Crippen LogP contribution in [-0.4, -0.2) is 15.0 Å². The largest absolute Gasteiger partial charge is 0.383 e. The number of aromatic nitrogens is 3. The zero-order chi connectivity index (χ0) is 9.97. The van der Waals surface area contributed by atoms with Gasteiger partial charge in [-0.15, -0.1) is 0 Å². The van der Waals surface area contributed by atoms with Crippen LogP contribution < -0.4 is 5.73 Å². The summed E-state index contributed by atoms with van der Waals surface area (Å²) in [7, 11) is 0. The molecule has 0 unspecified atom stereocenters. The van der Waals surface area contributed by atoms with Gasteiger partial charge in [0.2, 0.25) is 0 Å². The molecule has 2 aromatic heterocycles. The van der Waals surface area contributed by atoms with Gasteiger partial charge in [-0.1, -0.05) is 0 Å². The van der Waals surface area contributed by atoms with Gasteiger partial charge in [-0.2, -0.15) is 0 Å². The van der Waals surface area contributed by atoms with Crippen molar-refractivity contribution in [2.75, 3.05) is 5.73 Å². The molecule has 0 aliphatic rings. The van der Waals surface area contributed by atoms with Crippen LogP contribution in [0.1, 0.15) is 0 Å². The average molecular weight is 251 g/mol. The second-order valence-electron chi connectivity index (χ2n) is 2.72. The zero-order valence-corrected chi connectivity index (χ0v) is 8.77. The molecule has 0 bridgehead atoms. The van der Waals surface area contributed by atoms with Crippen LogP contribution in [0, 0.1) is 0 Å². The van der Waals surface area contributed by atoms with Gasteiger partial charge >= 0.3 is 0 Å². The smallest absolute Gasteiger partial charge is 0.137 e. The lowest BCUT2D eigenvalue weighted by Gasteiger charge is -2.01.